The monoisotopic (exact) mass is 227 g/mol. The molecule has 0 unspecified atom stereocenters. The van der Waals surface area contributed by atoms with Gasteiger partial charge in [0.2, 0.25) is 0 Å². The minimum atomic E-state index is 0.651. The van der Waals surface area contributed by atoms with E-state index in [1.165, 1.54) is 51.6 Å². The second-order valence-electron chi connectivity index (χ2n) is 5.13. The first-order valence-electron chi connectivity index (χ1n) is 6.28. The van der Waals surface area contributed by atoms with Crippen LogP contribution < -0.4 is 0 Å². The highest BCUT2D eigenvalue weighted by Crippen LogP contribution is 2.45. The van der Waals surface area contributed by atoms with Crippen LogP contribution >= 0.6 is 11.6 Å². The molecule has 86 valence electrons. The summed E-state index contributed by atoms with van der Waals surface area (Å²) in [6.45, 7) is 3.70. The quantitative estimate of drug-likeness (QED) is 0.528. The van der Waals surface area contributed by atoms with E-state index in [1.54, 1.807) is 0 Å². The molecule has 0 aromatic rings. The summed E-state index contributed by atoms with van der Waals surface area (Å²) in [7, 11) is 0. The van der Waals surface area contributed by atoms with Crippen LogP contribution in [0.4, 0.5) is 0 Å². The van der Waals surface area contributed by atoms with Gasteiger partial charge in [-0.15, -0.1) is 11.6 Å². The maximum atomic E-state index is 5.61. The third kappa shape index (κ3) is 2.98. The van der Waals surface area contributed by atoms with Gasteiger partial charge in [0.1, 0.15) is 0 Å². The fourth-order valence-electron chi connectivity index (χ4n) is 3.12. The highest BCUT2D eigenvalue weighted by atomic mass is 35.5. The number of rotatable bonds is 3. The molecular formula is C13H22ClN. The van der Waals surface area contributed by atoms with Crippen molar-refractivity contribution in [1.82, 2.24) is 4.90 Å². The van der Waals surface area contributed by atoms with Crippen molar-refractivity contribution >= 4 is 11.6 Å². The van der Waals surface area contributed by atoms with Gasteiger partial charge in [-0.1, -0.05) is 25.0 Å². The minimum absolute atomic E-state index is 0.651. The van der Waals surface area contributed by atoms with Crippen LogP contribution in [-0.4, -0.2) is 30.4 Å². The lowest BCUT2D eigenvalue weighted by Gasteiger charge is -2.39. The fourth-order valence-corrected chi connectivity index (χ4v) is 3.25. The van der Waals surface area contributed by atoms with Gasteiger partial charge in [-0.3, -0.25) is 4.90 Å². The normalized spacial score (nSPS) is 26.7. The summed E-state index contributed by atoms with van der Waals surface area (Å²) in [5.74, 6) is 0.651. The number of allylic oxidation sites excluding steroid dienone is 1. The average Bonchev–Trinajstić information content (AvgIpc) is 2.71. The van der Waals surface area contributed by atoms with Gasteiger partial charge < -0.3 is 0 Å². The van der Waals surface area contributed by atoms with Gasteiger partial charge in [0.25, 0.3) is 0 Å². The molecule has 0 N–H and O–H groups in total. The molecule has 1 aliphatic carbocycles. The number of alkyl halides is 1. The molecule has 15 heavy (non-hydrogen) atoms. The molecule has 0 bridgehead atoms. The molecule has 1 heterocycles. The van der Waals surface area contributed by atoms with Crippen molar-refractivity contribution in [3.8, 4) is 0 Å². The summed E-state index contributed by atoms with van der Waals surface area (Å²) in [5, 5.41) is 0. The molecule has 0 atom stereocenters. The van der Waals surface area contributed by atoms with E-state index in [0.717, 1.165) is 12.0 Å². The SMILES string of the molecule is ClC/C=C/CN1CCC2(CCCC2)CC1. The molecule has 1 saturated carbocycles. The van der Waals surface area contributed by atoms with E-state index in [-0.39, 0.29) is 0 Å². The summed E-state index contributed by atoms with van der Waals surface area (Å²) in [6.07, 6.45) is 13.1. The Morgan fingerprint density at radius 1 is 1.00 bits per heavy atom. The van der Waals surface area contributed by atoms with Gasteiger partial charge in [-0.25, -0.2) is 0 Å². The van der Waals surface area contributed by atoms with E-state index in [2.05, 4.69) is 17.1 Å². The van der Waals surface area contributed by atoms with Crippen molar-refractivity contribution in [1.29, 1.82) is 0 Å². The standard InChI is InChI=1S/C13H22ClN/c14-9-3-4-10-15-11-7-13(8-12-15)5-1-2-6-13/h3-4H,1-2,5-12H2/b4-3+. The molecule has 2 heteroatoms. The van der Waals surface area contributed by atoms with Gasteiger partial charge in [-0.2, -0.15) is 0 Å². The lowest BCUT2D eigenvalue weighted by molar-refractivity contribution is 0.117. The maximum absolute atomic E-state index is 5.61. The van der Waals surface area contributed by atoms with E-state index < -0.39 is 0 Å². The maximum Gasteiger partial charge on any atom is 0.0404 e. The van der Waals surface area contributed by atoms with Crippen LogP contribution in [0.3, 0.4) is 0 Å². The Hall–Kier alpha value is -0.0100. The Kier molecular flexibility index (Phi) is 4.10. The second-order valence-corrected chi connectivity index (χ2v) is 5.44. The molecule has 1 nitrogen and oxygen atoms in total. The Morgan fingerprint density at radius 2 is 1.67 bits per heavy atom. The highest BCUT2D eigenvalue weighted by molar-refractivity contribution is 6.18. The number of hydrogen-bond acceptors (Lipinski definition) is 1. The Morgan fingerprint density at radius 3 is 2.27 bits per heavy atom. The van der Waals surface area contributed by atoms with Crippen molar-refractivity contribution < 1.29 is 0 Å². The molecule has 0 aromatic heterocycles. The van der Waals surface area contributed by atoms with Gasteiger partial charge >= 0.3 is 0 Å². The van der Waals surface area contributed by atoms with Crippen LogP contribution in [0, 0.1) is 5.41 Å². The lowest BCUT2D eigenvalue weighted by atomic mass is 9.77. The molecule has 0 aromatic carbocycles. The first kappa shape index (κ1) is 11.5. The summed E-state index contributed by atoms with van der Waals surface area (Å²) in [6, 6.07) is 0. The Balaban J connectivity index is 1.74. The topological polar surface area (TPSA) is 3.24 Å². The first-order valence-corrected chi connectivity index (χ1v) is 6.81. The second kappa shape index (κ2) is 5.36. The molecule has 1 saturated heterocycles. The van der Waals surface area contributed by atoms with Crippen LogP contribution in [0.1, 0.15) is 38.5 Å². The third-order valence-electron chi connectivity index (χ3n) is 4.20. The number of hydrogen-bond donors (Lipinski definition) is 0. The zero-order valence-electron chi connectivity index (χ0n) is 9.55. The summed E-state index contributed by atoms with van der Waals surface area (Å²) >= 11 is 5.61. The Bertz CT molecular complexity index is 209. The molecule has 0 amide bonds. The van der Waals surface area contributed by atoms with Gasteiger partial charge in [-0.05, 0) is 44.2 Å². The number of likely N-dealkylation sites (tertiary alicyclic amines) is 1. The van der Waals surface area contributed by atoms with Crippen LogP contribution in [-0.2, 0) is 0 Å². The zero-order valence-corrected chi connectivity index (χ0v) is 10.3. The predicted molar refractivity (Wildman–Crippen MR) is 66.4 cm³/mol. The molecule has 2 rings (SSSR count). The largest absolute Gasteiger partial charge is 0.300 e. The van der Waals surface area contributed by atoms with Crippen LogP contribution in [0.25, 0.3) is 0 Å². The van der Waals surface area contributed by atoms with Crippen molar-refractivity contribution in [3.63, 3.8) is 0 Å². The Labute approximate surface area is 98.5 Å². The third-order valence-corrected chi connectivity index (χ3v) is 4.38. The summed E-state index contributed by atoms with van der Waals surface area (Å²) < 4.78 is 0. The molecule has 0 radical (unpaired) electrons. The smallest absolute Gasteiger partial charge is 0.0404 e. The molecule has 2 aliphatic rings. The summed E-state index contributed by atoms with van der Waals surface area (Å²) in [4.78, 5) is 2.56. The molecule has 1 aliphatic heterocycles. The molecular weight excluding hydrogens is 206 g/mol. The lowest BCUT2D eigenvalue weighted by Crippen LogP contribution is -2.38. The van der Waals surface area contributed by atoms with Gasteiger partial charge in [0.05, 0.1) is 0 Å². The van der Waals surface area contributed by atoms with E-state index in [9.17, 15) is 0 Å². The van der Waals surface area contributed by atoms with E-state index in [1.807, 2.05) is 0 Å². The van der Waals surface area contributed by atoms with E-state index >= 15 is 0 Å². The fraction of sp³-hybridized carbons (Fsp3) is 0.846. The van der Waals surface area contributed by atoms with Gasteiger partial charge in [0, 0.05) is 12.4 Å². The van der Waals surface area contributed by atoms with Crippen molar-refractivity contribution in [3.05, 3.63) is 12.2 Å². The zero-order chi connectivity index (χ0) is 10.6. The van der Waals surface area contributed by atoms with E-state index in [4.69, 9.17) is 11.6 Å². The van der Waals surface area contributed by atoms with Crippen LogP contribution in [0.5, 0.6) is 0 Å². The van der Waals surface area contributed by atoms with Crippen LogP contribution in [0.2, 0.25) is 0 Å². The van der Waals surface area contributed by atoms with Crippen molar-refractivity contribution in [2.45, 2.75) is 38.5 Å². The van der Waals surface area contributed by atoms with Crippen molar-refractivity contribution in [2.75, 3.05) is 25.5 Å². The predicted octanol–water partition coefficient (Wildman–Crippen LogP) is 3.44. The number of piperidine rings is 1. The first-order chi connectivity index (χ1) is 7.35. The molecule has 1 spiro atoms. The highest BCUT2D eigenvalue weighted by Gasteiger charge is 2.36. The summed E-state index contributed by atoms with van der Waals surface area (Å²) in [5.41, 5.74) is 0.757. The van der Waals surface area contributed by atoms with Gasteiger partial charge in [0.15, 0.2) is 0 Å². The average molecular weight is 228 g/mol. The molecule has 2 fully saturated rings. The number of halogens is 1. The minimum Gasteiger partial charge on any atom is -0.300 e. The number of nitrogens with zero attached hydrogens (tertiary/aromatic N) is 1. The van der Waals surface area contributed by atoms with E-state index in [0.29, 0.717) is 5.88 Å². The van der Waals surface area contributed by atoms with Crippen LogP contribution in [0.15, 0.2) is 12.2 Å². The van der Waals surface area contributed by atoms with Crippen molar-refractivity contribution in [2.24, 2.45) is 5.41 Å².